The highest BCUT2D eigenvalue weighted by Gasteiger charge is 2.13. The Morgan fingerprint density at radius 2 is 2.17 bits per heavy atom. The number of hydrogen-bond acceptors (Lipinski definition) is 3. The Hall–Kier alpha value is -0.480. The van der Waals surface area contributed by atoms with Crippen LogP contribution in [0.4, 0.5) is 0 Å². The molecule has 0 unspecified atom stereocenters. The maximum atomic E-state index is 10.7. The van der Waals surface area contributed by atoms with Crippen LogP contribution < -0.4 is 0 Å². The van der Waals surface area contributed by atoms with Gasteiger partial charge >= 0.3 is 7.82 Å². The van der Waals surface area contributed by atoms with Crippen LogP contribution in [0.15, 0.2) is 12.2 Å². The Morgan fingerprint density at radius 3 is 2.58 bits per heavy atom. The molecule has 0 aliphatic heterocycles. The minimum Gasteiger partial charge on any atom is -0.303 e. The molecule has 0 rings (SSSR count). The van der Waals surface area contributed by atoms with E-state index in [1.54, 1.807) is 13.0 Å². The highest BCUT2D eigenvalue weighted by atomic mass is 31.2. The zero-order valence-electron chi connectivity index (χ0n) is 6.64. The fourth-order valence-corrected chi connectivity index (χ4v) is 0.864. The largest absolute Gasteiger partial charge is 0.469 e. The van der Waals surface area contributed by atoms with E-state index in [1.807, 2.05) is 0 Å². The second-order valence-corrected chi connectivity index (χ2v) is 3.28. The van der Waals surface area contributed by atoms with Crippen LogP contribution in [0.25, 0.3) is 0 Å². The van der Waals surface area contributed by atoms with Gasteiger partial charge in [0.05, 0.1) is 6.61 Å². The first-order valence-electron chi connectivity index (χ1n) is 3.31. The maximum absolute atomic E-state index is 10.7. The van der Waals surface area contributed by atoms with Crippen molar-refractivity contribution in [3.8, 4) is 0 Å². The molecule has 0 radical (unpaired) electrons. The van der Waals surface area contributed by atoms with Crippen molar-refractivity contribution in [1.29, 1.82) is 0 Å². The Kier molecular flexibility index (Phi) is 5.01. The predicted molar refractivity (Wildman–Crippen MR) is 42.4 cm³/mol. The van der Waals surface area contributed by atoms with Crippen molar-refractivity contribution in [1.82, 2.24) is 0 Å². The Balaban J connectivity index is 3.58. The number of carbonyl (C=O) groups excluding carboxylic acids is 1. The molecule has 0 aromatic heterocycles. The summed E-state index contributed by atoms with van der Waals surface area (Å²) in [7, 11) is -4.42. The van der Waals surface area contributed by atoms with Crippen molar-refractivity contribution in [3.05, 3.63) is 12.2 Å². The number of phosphoric ester groups is 1. The molecule has 6 heteroatoms. The van der Waals surface area contributed by atoms with Gasteiger partial charge in [-0.2, -0.15) is 0 Å². The van der Waals surface area contributed by atoms with E-state index in [0.29, 0.717) is 0 Å². The van der Waals surface area contributed by atoms with Gasteiger partial charge in [0.25, 0.3) is 0 Å². The molecule has 12 heavy (non-hydrogen) atoms. The average Bonchev–Trinajstić information content (AvgIpc) is 1.84. The van der Waals surface area contributed by atoms with E-state index in [4.69, 9.17) is 9.79 Å². The lowest BCUT2D eigenvalue weighted by Gasteiger charge is -2.02. The minimum absolute atomic E-state index is 0.0184. The summed E-state index contributed by atoms with van der Waals surface area (Å²) < 4.78 is 14.2. The van der Waals surface area contributed by atoms with Crippen LogP contribution in [0.3, 0.4) is 0 Å². The molecule has 0 bridgehead atoms. The van der Waals surface area contributed by atoms with Crippen molar-refractivity contribution in [3.63, 3.8) is 0 Å². The number of allylic oxidation sites excluding steroid dienone is 2. The fraction of sp³-hybridized carbons (Fsp3) is 0.500. The topological polar surface area (TPSA) is 83.8 Å². The predicted octanol–water partition coefficient (Wildman–Crippen LogP) is 0.631. The quantitative estimate of drug-likeness (QED) is 0.495. The molecule has 0 aromatic carbocycles. The maximum Gasteiger partial charge on any atom is 0.469 e. The molecule has 0 aromatic rings. The van der Waals surface area contributed by atoms with Crippen LogP contribution in [0.5, 0.6) is 0 Å². The van der Waals surface area contributed by atoms with Gasteiger partial charge in [-0.25, -0.2) is 4.57 Å². The van der Waals surface area contributed by atoms with Crippen molar-refractivity contribution in [2.75, 3.05) is 6.61 Å². The van der Waals surface area contributed by atoms with Crippen molar-refractivity contribution in [2.45, 2.75) is 13.3 Å². The molecule has 0 fully saturated rings. The Morgan fingerprint density at radius 1 is 1.58 bits per heavy atom. The fourth-order valence-electron chi connectivity index (χ4n) is 0.534. The van der Waals surface area contributed by atoms with E-state index in [2.05, 4.69) is 4.52 Å². The van der Waals surface area contributed by atoms with Gasteiger partial charge in [0.1, 0.15) is 0 Å². The van der Waals surface area contributed by atoms with E-state index in [9.17, 15) is 9.36 Å². The number of phosphoric acid groups is 1. The van der Waals surface area contributed by atoms with Gasteiger partial charge in [0.2, 0.25) is 0 Å². The first-order chi connectivity index (χ1) is 5.45. The molecule has 70 valence electrons. The highest BCUT2D eigenvalue weighted by Crippen LogP contribution is 2.35. The van der Waals surface area contributed by atoms with Crippen LogP contribution in [0.2, 0.25) is 0 Å². The van der Waals surface area contributed by atoms with E-state index in [-0.39, 0.29) is 18.8 Å². The molecule has 0 aliphatic rings. The smallest absolute Gasteiger partial charge is 0.303 e. The monoisotopic (exact) mass is 194 g/mol. The summed E-state index contributed by atoms with van der Waals surface area (Å²) >= 11 is 0. The second-order valence-electron chi connectivity index (χ2n) is 2.04. The van der Waals surface area contributed by atoms with Crippen molar-refractivity contribution < 1.29 is 23.7 Å². The van der Waals surface area contributed by atoms with Gasteiger partial charge in [-0.15, -0.1) is 0 Å². The van der Waals surface area contributed by atoms with Crippen LogP contribution in [0.1, 0.15) is 13.3 Å². The Labute approximate surface area is 70.3 Å². The summed E-state index contributed by atoms with van der Waals surface area (Å²) in [6.45, 7) is 1.43. The molecule has 0 spiro atoms. The average molecular weight is 194 g/mol. The molecular formula is C6H11O5P. The van der Waals surface area contributed by atoms with Crippen LogP contribution >= 0.6 is 7.82 Å². The van der Waals surface area contributed by atoms with Crippen molar-refractivity contribution in [2.24, 2.45) is 0 Å². The first-order valence-corrected chi connectivity index (χ1v) is 4.84. The lowest BCUT2D eigenvalue weighted by Crippen LogP contribution is -1.99. The summed E-state index contributed by atoms with van der Waals surface area (Å²) in [5, 5.41) is 0. The molecule has 0 aliphatic carbocycles. The molecule has 5 nitrogen and oxygen atoms in total. The molecule has 0 saturated carbocycles. The molecule has 0 heterocycles. The minimum atomic E-state index is -4.42. The molecular weight excluding hydrogens is 183 g/mol. The first kappa shape index (κ1) is 11.5. The second kappa shape index (κ2) is 5.22. The van der Waals surface area contributed by atoms with Gasteiger partial charge in [-0.05, 0) is 13.0 Å². The molecule has 0 atom stereocenters. The van der Waals surface area contributed by atoms with E-state index in [0.717, 1.165) is 0 Å². The molecule has 0 saturated heterocycles. The summed E-state index contributed by atoms with van der Waals surface area (Å²) in [6, 6.07) is 0. The lowest BCUT2D eigenvalue weighted by molar-refractivity contribution is -0.115. The lowest BCUT2D eigenvalue weighted by atomic mass is 10.3. The SMILES string of the molecule is CC=CC(=O)CCOP(=O)(O)O. The molecule has 2 N–H and O–H groups in total. The molecule has 0 amide bonds. The van der Waals surface area contributed by atoms with Gasteiger partial charge in [-0.3, -0.25) is 9.32 Å². The summed E-state index contributed by atoms with van der Waals surface area (Å²) in [4.78, 5) is 27.1. The zero-order chi connectivity index (χ0) is 9.61. The van der Waals surface area contributed by atoms with Crippen molar-refractivity contribution >= 4 is 13.6 Å². The van der Waals surface area contributed by atoms with E-state index < -0.39 is 7.82 Å². The summed E-state index contributed by atoms with van der Waals surface area (Å²) in [5.74, 6) is -0.217. The zero-order valence-corrected chi connectivity index (χ0v) is 7.53. The van der Waals surface area contributed by atoms with Gasteiger partial charge in [0, 0.05) is 6.42 Å². The number of hydrogen-bond donors (Lipinski definition) is 2. The summed E-state index contributed by atoms with van der Waals surface area (Å²) in [6.07, 6.45) is 2.86. The third-order valence-electron chi connectivity index (χ3n) is 0.960. The van der Waals surface area contributed by atoms with Crippen LogP contribution in [-0.2, 0) is 13.9 Å². The third-order valence-corrected chi connectivity index (χ3v) is 1.48. The summed E-state index contributed by atoms with van der Waals surface area (Å²) in [5.41, 5.74) is 0. The number of carbonyl (C=O) groups is 1. The van der Waals surface area contributed by atoms with Crippen LogP contribution in [-0.4, -0.2) is 22.2 Å². The van der Waals surface area contributed by atoms with Gasteiger partial charge < -0.3 is 9.79 Å². The van der Waals surface area contributed by atoms with E-state index in [1.165, 1.54) is 6.08 Å². The van der Waals surface area contributed by atoms with E-state index >= 15 is 0 Å². The Bertz CT molecular complexity index is 216. The highest BCUT2D eigenvalue weighted by molar-refractivity contribution is 7.46. The third kappa shape index (κ3) is 7.63. The number of rotatable bonds is 5. The standard InChI is InChI=1S/C6H11O5P/c1-2-3-6(7)4-5-11-12(8,9)10/h2-3H,4-5H2,1H3,(H2,8,9,10). The van der Waals surface area contributed by atoms with Gasteiger partial charge in [-0.1, -0.05) is 6.08 Å². The normalized spacial score (nSPS) is 12.2. The van der Waals surface area contributed by atoms with Gasteiger partial charge in [0.15, 0.2) is 5.78 Å². The van der Waals surface area contributed by atoms with Crippen LogP contribution in [0, 0.1) is 0 Å². The number of ketones is 1.